The molecule has 2 N–H and O–H groups in total. The van der Waals surface area contributed by atoms with Gasteiger partial charge in [-0.25, -0.2) is 4.98 Å². The van der Waals surface area contributed by atoms with E-state index in [1.165, 1.54) is 0 Å². The Bertz CT molecular complexity index is 1310. The Morgan fingerprint density at radius 1 is 1.14 bits per heavy atom. The first-order chi connectivity index (χ1) is 13.7. The third kappa shape index (κ3) is 2.89. The van der Waals surface area contributed by atoms with Gasteiger partial charge in [0.25, 0.3) is 0 Å². The number of nitrogens with zero attached hydrogens (tertiary/aromatic N) is 5. The van der Waals surface area contributed by atoms with Gasteiger partial charge in [-0.15, -0.1) is 5.10 Å². The van der Waals surface area contributed by atoms with Crippen LogP contribution < -0.4 is 10.1 Å². The van der Waals surface area contributed by atoms with Crippen LogP contribution in [0.2, 0.25) is 5.15 Å². The molecule has 0 amide bonds. The summed E-state index contributed by atoms with van der Waals surface area (Å²) < 4.78 is 7.57. The lowest BCUT2D eigenvalue weighted by molar-refractivity contribution is 0.441. The van der Waals surface area contributed by atoms with Crippen LogP contribution in [0.3, 0.4) is 0 Å². The van der Waals surface area contributed by atoms with Crippen molar-refractivity contribution in [3.05, 3.63) is 59.9 Å². The highest BCUT2D eigenvalue weighted by Crippen LogP contribution is 2.31. The molecule has 1 aromatic carbocycles. The van der Waals surface area contributed by atoms with E-state index < -0.39 is 0 Å². The third-order valence-electron chi connectivity index (χ3n) is 4.29. The van der Waals surface area contributed by atoms with E-state index in [1.54, 1.807) is 29.1 Å². The van der Waals surface area contributed by atoms with Gasteiger partial charge in [-0.1, -0.05) is 17.7 Å². The van der Waals surface area contributed by atoms with E-state index in [0.717, 1.165) is 27.6 Å². The Hall–Kier alpha value is -3.65. The molecule has 0 aliphatic heterocycles. The number of fused-ring (bicyclic) bond motifs is 2. The number of anilines is 2. The number of rotatable bonds is 4. The number of halogens is 1. The minimum absolute atomic E-state index is 0.365. The van der Waals surface area contributed by atoms with E-state index in [4.69, 9.17) is 16.3 Å². The fourth-order valence-electron chi connectivity index (χ4n) is 3.00. The molecule has 5 rings (SSSR count). The van der Waals surface area contributed by atoms with Gasteiger partial charge in [0.1, 0.15) is 10.7 Å². The number of aryl methyl sites for hydroxylation is 1. The Kier molecular flexibility index (Phi) is 3.84. The molecule has 28 heavy (non-hydrogen) atoms. The number of H-pyrrole nitrogens is 1. The van der Waals surface area contributed by atoms with Crippen molar-refractivity contribution < 1.29 is 4.74 Å². The minimum Gasteiger partial charge on any atom is -0.418 e. The molecule has 4 aromatic heterocycles. The zero-order chi connectivity index (χ0) is 19.1. The number of pyridine rings is 2. The molecule has 0 bridgehead atoms. The first kappa shape index (κ1) is 16.5. The fourth-order valence-corrected chi connectivity index (χ4v) is 3.16. The maximum atomic E-state index is 5.93. The molecule has 138 valence electrons. The molecule has 0 aliphatic carbocycles. The topological polar surface area (TPSA) is 93.5 Å². The van der Waals surface area contributed by atoms with E-state index in [9.17, 15) is 0 Å². The maximum Gasteiger partial charge on any atom is 0.247 e. The first-order valence-electron chi connectivity index (χ1n) is 8.51. The normalized spacial score (nSPS) is 11.2. The van der Waals surface area contributed by atoms with Gasteiger partial charge < -0.3 is 10.1 Å². The molecule has 0 unspecified atom stereocenters. The average Bonchev–Trinajstić information content (AvgIpc) is 3.23. The molecule has 9 heteroatoms. The van der Waals surface area contributed by atoms with Crippen molar-refractivity contribution in [2.75, 3.05) is 5.32 Å². The number of benzene rings is 1. The molecule has 4 heterocycles. The van der Waals surface area contributed by atoms with Crippen molar-refractivity contribution in [2.45, 2.75) is 0 Å². The van der Waals surface area contributed by atoms with Gasteiger partial charge in [0.2, 0.25) is 11.8 Å². The molecule has 0 saturated carbocycles. The summed E-state index contributed by atoms with van der Waals surface area (Å²) in [6, 6.07) is 14.8. The molecule has 0 aliphatic rings. The number of aromatic amines is 1. The van der Waals surface area contributed by atoms with E-state index in [0.29, 0.717) is 22.7 Å². The van der Waals surface area contributed by atoms with Gasteiger partial charge in [0.15, 0.2) is 5.82 Å². The van der Waals surface area contributed by atoms with E-state index in [2.05, 4.69) is 30.6 Å². The number of ether oxygens (including phenoxy) is 1. The lowest BCUT2D eigenvalue weighted by Crippen LogP contribution is -1.94. The first-order valence-corrected chi connectivity index (χ1v) is 8.88. The summed E-state index contributed by atoms with van der Waals surface area (Å²) >= 11 is 5.93. The fraction of sp³-hybridized carbons (Fsp3) is 0.0526. The van der Waals surface area contributed by atoms with Gasteiger partial charge in [0.05, 0.1) is 16.4 Å². The van der Waals surface area contributed by atoms with Crippen molar-refractivity contribution >= 4 is 45.0 Å². The Labute approximate surface area is 164 Å². The standard InChI is InChI=1S/C19H14ClN7O/c1-27-14-10-11(22-18-17-13(24-25-18)4-3-9-21-17)7-8-12(14)19(26-27)28-16-6-2-5-15(20)23-16/h2-10H,1H3,(H2,22,24,25). The van der Waals surface area contributed by atoms with E-state index in [1.807, 2.05) is 37.4 Å². The largest absolute Gasteiger partial charge is 0.418 e. The quantitative estimate of drug-likeness (QED) is 0.440. The van der Waals surface area contributed by atoms with Crippen molar-refractivity contribution in [1.82, 2.24) is 29.9 Å². The van der Waals surface area contributed by atoms with Gasteiger partial charge in [0, 0.05) is 25.0 Å². The second kappa shape index (κ2) is 6.50. The van der Waals surface area contributed by atoms with Crippen LogP contribution in [0, 0.1) is 0 Å². The average molecular weight is 392 g/mol. The van der Waals surface area contributed by atoms with Crippen molar-refractivity contribution in [3.8, 4) is 11.8 Å². The predicted molar refractivity (Wildman–Crippen MR) is 107 cm³/mol. The van der Waals surface area contributed by atoms with Gasteiger partial charge in [-0.2, -0.15) is 5.10 Å². The van der Waals surface area contributed by atoms with Crippen LogP contribution in [-0.2, 0) is 7.05 Å². The number of hydrogen-bond donors (Lipinski definition) is 2. The minimum atomic E-state index is 0.365. The summed E-state index contributed by atoms with van der Waals surface area (Å²) in [4.78, 5) is 8.51. The zero-order valence-corrected chi connectivity index (χ0v) is 15.5. The molecule has 0 radical (unpaired) electrons. The highest BCUT2D eigenvalue weighted by atomic mass is 35.5. The molecule has 0 saturated heterocycles. The van der Waals surface area contributed by atoms with Gasteiger partial charge in [-0.05, 0) is 36.4 Å². The number of hydrogen-bond acceptors (Lipinski definition) is 6. The monoisotopic (exact) mass is 391 g/mol. The smallest absolute Gasteiger partial charge is 0.247 e. The summed E-state index contributed by atoms with van der Waals surface area (Å²) in [7, 11) is 1.86. The lowest BCUT2D eigenvalue weighted by atomic mass is 10.2. The highest BCUT2D eigenvalue weighted by Gasteiger charge is 2.13. The van der Waals surface area contributed by atoms with Crippen LogP contribution in [0.5, 0.6) is 11.8 Å². The SMILES string of the molecule is Cn1nc(Oc2cccc(Cl)n2)c2ccc(Nc3n[nH]c4cccnc34)cc21. The molecule has 0 fully saturated rings. The summed E-state index contributed by atoms with van der Waals surface area (Å²) in [6.07, 6.45) is 1.74. The molecule has 5 aromatic rings. The summed E-state index contributed by atoms with van der Waals surface area (Å²) in [6.45, 7) is 0. The van der Waals surface area contributed by atoms with Crippen molar-refractivity contribution in [2.24, 2.45) is 7.05 Å². The van der Waals surface area contributed by atoms with Crippen LogP contribution in [0.25, 0.3) is 21.9 Å². The van der Waals surface area contributed by atoms with E-state index in [-0.39, 0.29) is 0 Å². The number of aromatic nitrogens is 6. The van der Waals surface area contributed by atoms with Crippen LogP contribution >= 0.6 is 11.6 Å². The molecular formula is C19H14ClN7O. The Balaban J connectivity index is 1.49. The second-order valence-corrected chi connectivity index (χ2v) is 6.55. The Morgan fingerprint density at radius 2 is 2.07 bits per heavy atom. The Morgan fingerprint density at radius 3 is 2.96 bits per heavy atom. The molecule has 0 atom stereocenters. The highest BCUT2D eigenvalue weighted by molar-refractivity contribution is 6.29. The summed E-state index contributed by atoms with van der Waals surface area (Å²) in [5.41, 5.74) is 3.41. The summed E-state index contributed by atoms with van der Waals surface area (Å²) in [5, 5.41) is 16.2. The van der Waals surface area contributed by atoms with Gasteiger partial charge >= 0.3 is 0 Å². The molecular weight excluding hydrogens is 378 g/mol. The number of nitrogens with one attached hydrogen (secondary N) is 2. The van der Waals surface area contributed by atoms with Crippen molar-refractivity contribution in [3.63, 3.8) is 0 Å². The lowest BCUT2D eigenvalue weighted by Gasteiger charge is -2.04. The molecule has 0 spiro atoms. The second-order valence-electron chi connectivity index (χ2n) is 6.16. The van der Waals surface area contributed by atoms with Crippen LogP contribution in [0.1, 0.15) is 0 Å². The third-order valence-corrected chi connectivity index (χ3v) is 4.50. The maximum absolute atomic E-state index is 5.93. The van der Waals surface area contributed by atoms with Gasteiger partial charge in [-0.3, -0.25) is 14.8 Å². The zero-order valence-electron chi connectivity index (χ0n) is 14.7. The summed E-state index contributed by atoms with van der Waals surface area (Å²) in [5.74, 6) is 1.52. The van der Waals surface area contributed by atoms with Crippen LogP contribution in [0.4, 0.5) is 11.5 Å². The van der Waals surface area contributed by atoms with Crippen molar-refractivity contribution in [1.29, 1.82) is 0 Å². The van der Waals surface area contributed by atoms with Crippen LogP contribution in [-0.4, -0.2) is 29.9 Å². The van der Waals surface area contributed by atoms with E-state index >= 15 is 0 Å². The van der Waals surface area contributed by atoms with Crippen LogP contribution in [0.15, 0.2) is 54.7 Å². The predicted octanol–water partition coefficient (Wildman–Crippen LogP) is 4.43. The molecule has 8 nitrogen and oxygen atoms in total.